The Bertz CT molecular complexity index is 914. The van der Waals surface area contributed by atoms with E-state index in [-0.39, 0.29) is 17.0 Å². The van der Waals surface area contributed by atoms with Crippen LogP contribution in [0.1, 0.15) is 11.3 Å². The molecule has 0 fully saturated rings. The quantitative estimate of drug-likeness (QED) is 0.553. The van der Waals surface area contributed by atoms with Gasteiger partial charge in [-0.15, -0.1) is 0 Å². The number of anilines is 1. The first kappa shape index (κ1) is 13.7. The number of non-ortho nitro benzene ring substituents is 1. The summed E-state index contributed by atoms with van der Waals surface area (Å²) in [6.07, 6.45) is 0. The molecule has 0 radical (unpaired) electrons. The molecular weight excluding hydrogens is 288 g/mol. The molecule has 2 N–H and O–H groups in total. The third-order valence-corrected chi connectivity index (χ3v) is 3.04. The molecule has 0 saturated heterocycles. The maximum Gasteiger partial charge on any atom is 0.274 e. The van der Waals surface area contributed by atoms with Crippen molar-refractivity contribution in [2.45, 2.75) is 13.5 Å². The smallest absolute Gasteiger partial charge is 0.274 e. The zero-order valence-electron chi connectivity index (χ0n) is 11.6. The molecule has 0 aliphatic carbocycles. The molecule has 0 amide bonds. The molecule has 0 atom stereocenters. The Hall–Kier alpha value is -3.23. The highest BCUT2D eigenvalue weighted by Gasteiger charge is 2.08. The van der Waals surface area contributed by atoms with Gasteiger partial charge in [-0.2, -0.15) is 9.50 Å². The summed E-state index contributed by atoms with van der Waals surface area (Å²) in [4.78, 5) is 30.3. The second-order valence-corrected chi connectivity index (χ2v) is 4.72. The summed E-state index contributed by atoms with van der Waals surface area (Å²) >= 11 is 0. The summed E-state index contributed by atoms with van der Waals surface area (Å²) in [6.45, 7) is 2.04. The van der Waals surface area contributed by atoms with E-state index >= 15 is 0 Å². The molecule has 0 spiro atoms. The second kappa shape index (κ2) is 5.28. The van der Waals surface area contributed by atoms with Crippen LogP contribution in [0.2, 0.25) is 0 Å². The van der Waals surface area contributed by atoms with Crippen LogP contribution in [0, 0.1) is 17.0 Å². The first-order chi connectivity index (χ1) is 10.5. The molecule has 9 nitrogen and oxygen atoms in total. The highest BCUT2D eigenvalue weighted by molar-refractivity contribution is 5.39. The predicted octanol–water partition coefficient (Wildman–Crippen LogP) is 1.25. The number of benzene rings is 1. The van der Waals surface area contributed by atoms with E-state index in [1.165, 1.54) is 22.7 Å². The lowest BCUT2D eigenvalue weighted by Crippen LogP contribution is -2.14. The number of aryl methyl sites for hydroxylation is 1. The van der Waals surface area contributed by atoms with Gasteiger partial charge in [-0.1, -0.05) is 12.1 Å². The van der Waals surface area contributed by atoms with Crippen molar-refractivity contribution in [3.8, 4) is 0 Å². The van der Waals surface area contributed by atoms with Crippen LogP contribution >= 0.6 is 0 Å². The highest BCUT2D eigenvalue weighted by atomic mass is 16.6. The van der Waals surface area contributed by atoms with Crippen LogP contribution in [0.15, 0.2) is 35.1 Å². The Morgan fingerprint density at radius 1 is 1.36 bits per heavy atom. The number of rotatable bonds is 4. The van der Waals surface area contributed by atoms with Crippen molar-refractivity contribution >= 4 is 17.4 Å². The van der Waals surface area contributed by atoms with Crippen LogP contribution in [0.3, 0.4) is 0 Å². The monoisotopic (exact) mass is 300 g/mol. The van der Waals surface area contributed by atoms with Gasteiger partial charge in [-0.3, -0.25) is 20.0 Å². The van der Waals surface area contributed by atoms with E-state index in [0.29, 0.717) is 18.2 Å². The third kappa shape index (κ3) is 2.64. The molecule has 1 aromatic carbocycles. The van der Waals surface area contributed by atoms with Crippen molar-refractivity contribution in [2.75, 3.05) is 5.32 Å². The fourth-order valence-electron chi connectivity index (χ4n) is 2.04. The summed E-state index contributed by atoms with van der Waals surface area (Å²) in [7, 11) is 0. The fraction of sp³-hybridized carbons (Fsp3) is 0.154. The zero-order chi connectivity index (χ0) is 15.7. The average Bonchev–Trinajstić information content (AvgIpc) is 2.88. The largest absolute Gasteiger partial charge is 0.351 e. The zero-order valence-corrected chi connectivity index (χ0v) is 11.6. The normalized spacial score (nSPS) is 10.8. The van der Waals surface area contributed by atoms with Crippen LogP contribution in [0.25, 0.3) is 5.78 Å². The Labute approximate surface area is 123 Å². The molecule has 112 valence electrons. The number of hydrogen-bond donors (Lipinski definition) is 2. The molecule has 2 aromatic heterocycles. The number of aromatic amines is 1. The van der Waals surface area contributed by atoms with Gasteiger partial charge in [0.25, 0.3) is 17.0 Å². The predicted molar refractivity (Wildman–Crippen MR) is 78.8 cm³/mol. The molecule has 0 bridgehead atoms. The van der Waals surface area contributed by atoms with E-state index in [9.17, 15) is 14.9 Å². The number of aromatic nitrogens is 4. The van der Waals surface area contributed by atoms with Gasteiger partial charge in [0.05, 0.1) is 4.92 Å². The molecule has 0 unspecified atom stereocenters. The van der Waals surface area contributed by atoms with Gasteiger partial charge in [-0.25, -0.2) is 4.98 Å². The number of fused-ring (bicyclic) bond motifs is 1. The average molecular weight is 300 g/mol. The summed E-state index contributed by atoms with van der Waals surface area (Å²) in [6, 6.07) is 7.68. The minimum atomic E-state index is -0.447. The van der Waals surface area contributed by atoms with Crippen molar-refractivity contribution in [3.05, 3.63) is 62.1 Å². The molecule has 3 rings (SSSR count). The van der Waals surface area contributed by atoms with Crippen LogP contribution < -0.4 is 10.9 Å². The van der Waals surface area contributed by atoms with Crippen molar-refractivity contribution in [2.24, 2.45) is 0 Å². The van der Waals surface area contributed by atoms with Gasteiger partial charge >= 0.3 is 0 Å². The molecule has 9 heteroatoms. The van der Waals surface area contributed by atoms with Gasteiger partial charge in [-0.05, 0) is 12.5 Å². The van der Waals surface area contributed by atoms with Gasteiger partial charge in [0.2, 0.25) is 5.95 Å². The van der Waals surface area contributed by atoms with Gasteiger partial charge in [0.1, 0.15) is 0 Å². The van der Waals surface area contributed by atoms with Crippen LogP contribution in [0.4, 0.5) is 11.6 Å². The number of nitro benzene ring substituents is 1. The standard InChI is InChI=1S/C13H12N6O3/c1-8-5-11(20)18-13(15-8)16-12(17-18)14-7-9-3-2-4-10(6-9)19(21)22/h2-6H,7H2,1H3,(H2,14,15,16,17). The maximum absolute atomic E-state index is 11.8. The minimum Gasteiger partial charge on any atom is -0.351 e. The van der Waals surface area contributed by atoms with Gasteiger partial charge < -0.3 is 5.32 Å². The minimum absolute atomic E-state index is 0.0254. The Morgan fingerprint density at radius 3 is 2.95 bits per heavy atom. The van der Waals surface area contributed by atoms with E-state index < -0.39 is 4.92 Å². The summed E-state index contributed by atoms with van der Waals surface area (Å²) in [5.41, 5.74) is 1.09. The summed E-state index contributed by atoms with van der Waals surface area (Å²) in [5.74, 6) is 0.633. The number of hydrogen-bond acceptors (Lipinski definition) is 6. The lowest BCUT2D eigenvalue weighted by atomic mass is 10.2. The number of nitrogens with one attached hydrogen (secondary N) is 2. The number of nitrogens with zero attached hydrogens (tertiary/aromatic N) is 4. The van der Waals surface area contributed by atoms with Crippen LogP contribution in [-0.4, -0.2) is 24.5 Å². The Morgan fingerprint density at radius 2 is 2.18 bits per heavy atom. The van der Waals surface area contributed by atoms with Crippen molar-refractivity contribution < 1.29 is 4.92 Å². The van der Waals surface area contributed by atoms with E-state index in [0.717, 1.165) is 5.56 Å². The second-order valence-electron chi connectivity index (χ2n) is 4.72. The van der Waals surface area contributed by atoms with Crippen molar-refractivity contribution in [1.29, 1.82) is 0 Å². The van der Waals surface area contributed by atoms with E-state index in [4.69, 9.17) is 0 Å². The third-order valence-electron chi connectivity index (χ3n) is 3.04. The molecule has 22 heavy (non-hydrogen) atoms. The summed E-state index contributed by atoms with van der Waals surface area (Å²) < 4.78 is 1.22. The topological polar surface area (TPSA) is 118 Å². The maximum atomic E-state index is 11.8. The van der Waals surface area contributed by atoms with Crippen molar-refractivity contribution in [1.82, 2.24) is 19.6 Å². The molecule has 3 aromatic rings. The summed E-state index contributed by atoms with van der Waals surface area (Å²) in [5, 5.41) is 16.5. The molecule has 0 aliphatic heterocycles. The van der Waals surface area contributed by atoms with Crippen LogP contribution in [-0.2, 0) is 6.54 Å². The lowest BCUT2D eigenvalue weighted by molar-refractivity contribution is -0.384. The Kier molecular flexibility index (Phi) is 3.30. The molecular formula is C13H12N6O3. The molecule has 0 saturated carbocycles. The fourth-order valence-corrected chi connectivity index (χ4v) is 2.04. The van der Waals surface area contributed by atoms with E-state index in [2.05, 4.69) is 20.4 Å². The van der Waals surface area contributed by atoms with Crippen LogP contribution in [0.5, 0.6) is 0 Å². The van der Waals surface area contributed by atoms with Gasteiger partial charge in [0.15, 0.2) is 0 Å². The van der Waals surface area contributed by atoms with E-state index in [1.54, 1.807) is 19.1 Å². The molecule has 2 heterocycles. The lowest BCUT2D eigenvalue weighted by Gasteiger charge is -2.02. The number of nitro groups is 1. The highest BCUT2D eigenvalue weighted by Crippen LogP contribution is 2.14. The first-order valence-corrected chi connectivity index (χ1v) is 6.46. The van der Waals surface area contributed by atoms with E-state index in [1.807, 2.05) is 0 Å². The first-order valence-electron chi connectivity index (χ1n) is 6.46. The van der Waals surface area contributed by atoms with Gasteiger partial charge in [0, 0.05) is 30.4 Å². The number of H-pyrrole nitrogens is 1. The SMILES string of the molecule is Cc1cc(=O)n2[nH]c(NCc3cccc([N+](=O)[O-])c3)nc2n1. The Balaban J connectivity index is 1.82. The van der Waals surface area contributed by atoms with Crippen molar-refractivity contribution in [3.63, 3.8) is 0 Å². The molecule has 0 aliphatic rings.